The first-order valence-corrected chi connectivity index (χ1v) is 10.2. The van der Waals surface area contributed by atoms with Crippen LogP contribution in [0, 0.1) is 5.92 Å². The highest BCUT2D eigenvalue weighted by Gasteiger charge is 2.16. The Balaban J connectivity index is 1.53. The molecule has 154 valence electrons. The SMILES string of the molecule is CC(C)C(=O)Nc1ccc(NC(=O)NCc2cccnc2N2CCCCC2)cc1. The first-order valence-electron chi connectivity index (χ1n) is 10.2. The molecule has 0 saturated carbocycles. The number of hydrogen-bond donors (Lipinski definition) is 3. The molecule has 1 aliphatic rings. The summed E-state index contributed by atoms with van der Waals surface area (Å²) in [7, 11) is 0. The molecular weight excluding hydrogens is 366 g/mol. The number of amides is 3. The van der Waals surface area contributed by atoms with Crippen molar-refractivity contribution < 1.29 is 9.59 Å². The lowest BCUT2D eigenvalue weighted by Gasteiger charge is -2.29. The van der Waals surface area contributed by atoms with E-state index in [1.165, 1.54) is 19.3 Å². The Morgan fingerprint density at radius 3 is 2.31 bits per heavy atom. The standard InChI is InChI=1S/C22H29N5O2/c1-16(2)21(28)25-18-8-10-19(11-9-18)26-22(29)24-15-17-7-6-12-23-20(17)27-13-4-3-5-14-27/h6-12,16H,3-5,13-15H2,1-2H3,(H,25,28)(H2,24,26,29). The van der Waals surface area contributed by atoms with Crippen LogP contribution in [0.25, 0.3) is 0 Å². The van der Waals surface area contributed by atoms with Gasteiger partial charge in [0.05, 0.1) is 0 Å². The number of benzene rings is 1. The number of piperidine rings is 1. The van der Waals surface area contributed by atoms with E-state index in [0.29, 0.717) is 17.9 Å². The molecule has 7 heteroatoms. The Morgan fingerprint density at radius 2 is 1.66 bits per heavy atom. The van der Waals surface area contributed by atoms with Crippen molar-refractivity contribution in [3.05, 3.63) is 48.2 Å². The molecule has 0 radical (unpaired) electrons. The molecule has 0 bridgehead atoms. The van der Waals surface area contributed by atoms with Crippen molar-refractivity contribution >= 4 is 29.1 Å². The third-order valence-corrected chi connectivity index (χ3v) is 4.90. The number of urea groups is 1. The molecular formula is C22H29N5O2. The molecule has 29 heavy (non-hydrogen) atoms. The monoisotopic (exact) mass is 395 g/mol. The van der Waals surface area contributed by atoms with Crippen LogP contribution in [0.3, 0.4) is 0 Å². The fourth-order valence-corrected chi connectivity index (χ4v) is 3.23. The minimum Gasteiger partial charge on any atom is -0.356 e. The van der Waals surface area contributed by atoms with E-state index in [1.54, 1.807) is 30.5 Å². The van der Waals surface area contributed by atoms with Crippen LogP contribution in [-0.4, -0.2) is 30.0 Å². The van der Waals surface area contributed by atoms with Gasteiger partial charge in [0.1, 0.15) is 5.82 Å². The number of carbonyl (C=O) groups is 2. The van der Waals surface area contributed by atoms with Gasteiger partial charge in [-0.15, -0.1) is 0 Å². The highest BCUT2D eigenvalue weighted by molar-refractivity contribution is 5.93. The first-order chi connectivity index (χ1) is 14.0. The first kappa shape index (κ1) is 20.6. The van der Waals surface area contributed by atoms with Crippen LogP contribution in [0.1, 0.15) is 38.7 Å². The van der Waals surface area contributed by atoms with Crippen molar-refractivity contribution in [1.82, 2.24) is 10.3 Å². The maximum atomic E-state index is 12.3. The zero-order chi connectivity index (χ0) is 20.6. The Hall–Kier alpha value is -3.09. The van der Waals surface area contributed by atoms with Crippen molar-refractivity contribution in [1.29, 1.82) is 0 Å². The van der Waals surface area contributed by atoms with Crippen LogP contribution in [-0.2, 0) is 11.3 Å². The molecule has 1 aromatic heterocycles. The quantitative estimate of drug-likeness (QED) is 0.690. The van der Waals surface area contributed by atoms with Crippen molar-refractivity contribution in [3.8, 4) is 0 Å². The smallest absolute Gasteiger partial charge is 0.319 e. The molecule has 3 N–H and O–H groups in total. The molecule has 0 spiro atoms. The molecule has 2 aromatic rings. The lowest BCUT2D eigenvalue weighted by Crippen LogP contribution is -2.33. The second-order valence-electron chi connectivity index (χ2n) is 7.56. The van der Waals surface area contributed by atoms with E-state index in [2.05, 4.69) is 25.8 Å². The fourth-order valence-electron chi connectivity index (χ4n) is 3.23. The van der Waals surface area contributed by atoms with Gasteiger partial charge in [-0.3, -0.25) is 4.79 Å². The van der Waals surface area contributed by atoms with E-state index in [9.17, 15) is 9.59 Å². The Labute approximate surface area is 171 Å². The zero-order valence-electron chi connectivity index (χ0n) is 17.1. The Kier molecular flexibility index (Phi) is 7.05. The average Bonchev–Trinajstić information content (AvgIpc) is 2.74. The number of pyridine rings is 1. The molecule has 2 heterocycles. The van der Waals surface area contributed by atoms with Gasteiger partial charge in [0.15, 0.2) is 0 Å². The number of rotatable bonds is 6. The predicted octanol–water partition coefficient (Wildman–Crippen LogP) is 3.99. The van der Waals surface area contributed by atoms with Gasteiger partial charge in [-0.25, -0.2) is 9.78 Å². The zero-order valence-corrected chi connectivity index (χ0v) is 17.1. The molecule has 3 amide bonds. The molecule has 0 aliphatic carbocycles. The van der Waals surface area contributed by atoms with E-state index in [0.717, 1.165) is 24.5 Å². The van der Waals surface area contributed by atoms with Crippen LogP contribution in [0.4, 0.5) is 22.0 Å². The summed E-state index contributed by atoms with van der Waals surface area (Å²) in [5, 5.41) is 8.55. The second-order valence-corrected chi connectivity index (χ2v) is 7.56. The normalized spacial score (nSPS) is 13.8. The molecule has 0 atom stereocenters. The summed E-state index contributed by atoms with van der Waals surface area (Å²) in [6.07, 6.45) is 5.42. The number of nitrogens with zero attached hydrogens (tertiary/aromatic N) is 2. The van der Waals surface area contributed by atoms with E-state index >= 15 is 0 Å². The lowest BCUT2D eigenvalue weighted by molar-refractivity contribution is -0.118. The molecule has 1 aliphatic heterocycles. The topological polar surface area (TPSA) is 86.4 Å². The lowest BCUT2D eigenvalue weighted by atomic mass is 10.1. The van der Waals surface area contributed by atoms with Gasteiger partial charge in [0.2, 0.25) is 5.91 Å². The number of nitrogens with one attached hydrogen (secondary N) is 3. The molecule has 7 nitrogen and oxygen atoms in total. The minimum absolute atomic E-state index is 0.0376. The van der Waals surface area contributed by atoms with Crippen LogP contribution >= 0.6 is 0 Å². The van der Waals surface area contributed by atoms with Crippen molar-refractivity contribution in [2.75, 3.05) is 28.6 Å². The van der Waals surface area contributed by atoms with Gasteiger partial charge >= 0.3 is 6.03 Å². The Morgan fingerprint density at radius 1 is 1.00 bits per heavy atom. The molecule has 0 unspecified atom stereocenters. The van der Waals surface area contributed by atoms with Crippen LogP contribution in [0.5, 0.6) is 0 Å². The summed E-state index contributed by atoms with van der Waals surface area (Å²) in [6, 6.07) is 10.7. The fraction of sp³-hybridized carbons (Fsp3) is 0.409. The molecule has 1 saturated heterocycles. The van der Waals surface area contributed by atoms with Crippen molar-refractivity contribution in [3.63, 3.8) is 0 Å². The maximum Gasteiger partial charge on any atom is 0.319 e. The van der Waals surface area contributed by atoms with Crippen molar-refractivity contribution in [2.24, 2.45) is 5.92 Å². The number of hydrogen-bond acceptors (Lipinski definition) is 4. The second kappa shape index (κ2) is 9.91. The summed E-state index contributed by atoms with van der Waals surface area (Å²) in [6.45, 7) is 6.11. The molecule has 1 fully saturated rings. The summed E-state index contributed by atoms with van der Waals surface area (Å²) in [5.74, 6) is 0.836. The van der Waals surface area contributed by atoms with Crippen molar-refractivity contribution in [2.45, 2.75) is 39.7 Å². The van der Waals surface area contributed by atoms with E-state index in [4.69, 9.17) is 0 Å². The summed E-state index contributed by atoms with van der Waals surface area (Å²) < 4.78 is 0. The highest BCUT2D eigenvalue weighted by Crippen LogP contribution is 2.21. The number of aromatic nitrogens is 1. The summed E-state index contributed by atoms with van der Waals surface area (Å²) >= 11 is 0. The van der Waals surface area contributed by atoms with Gasteiger partial charge in [-0.05, 0) is 49.6 Å². The van der Waals surface area contributed by atoms with Gasteiger partial charge in [0.25, 0.3) is 0 Å². The van der Waals surface area contributed by atoms with E-state index in [-0.39, 0.29) is 17.9 Å². The highest BCUT2D eigenvalue weighted by atomic mass is 16.2. The van der Waals surface area contributed by atoms with Crippen LogP contribution in [0.15, 0.2) is 42.6 Å². The molecule has 1 aromatic carbocycles. The third-order valence-electron chi connectivity index (χ3n) is 4.90. The average molecular weight is 396 g/mol. The van der Waals surface area contributed by atoms with Crippen LogP contribution < -0.4 is 20.9 Å². The summed E-state index contributed by atoms with van der Waals surface area (Å²) in [4.78, 5) is 30.9. The van der Waals surface area contributed by atoms with Gasteiger partial charge in [-0.1, -0.05) is 19.9 Å². The molecule has 3 rings (SSSR count). The summed E-state index contributed by atoms with van der Waals surface area (Å²) in [5.41, 5.74) is 2.37. The number of carbonyl (C=O) groups excluding carboxylic acids is 2. The van der Waals surface area contributed by atoms with E-state index in [1.807, 2.05) is 26.0 Å². The van der Waals surface area contributed by atoms with Gasteiger partial charge in [-0.2, -0.15) is 0 Å². The number of anilines is 3. The minimum atomic E-state index is -0.280. The van der Waals surface area contributed by atoms with Gasteiger partial charge in [0, 0.05) is 48.7 Å². The largest absolute Gasteiger partial charge is 0.356 e. The van der Waals surface area contributed by atoms with Crippen LogP contribution in [0.2, 0.25) is 0 Å². The third kappa shape index (κ3) is 5.94. The Bertz CT molecular complexity index is 829. The predicted molar refractivity (Wildman–Crippen MR) is 116 cm³/mol. The van der Waals surface area contributed by atoms with Gasteiger partial charge < -0.3 is 20.9 Å². The van der Waals surface area contributed by atoms with E-state index < -0.39 is 0 Å². The maximum absolute atomic E-state index is 12.3.